The summed E-state index contributed by atoms with van der Waals surface area (Å²) in [5.41, 5.74) is 0. The molecule has 0 bridgehead atoms. The van der Waals surface area contributed by atoms with E-state index in [-0.39, 0.29) is 5.97 Å². The van der Waals surface area contributed by atoms with Gasteiger partial charge in [0.25, 0.3) is 0 Å². The molecule has 0 radical (unpaired) electrons. The first-order valence-corrected chi connectivity index (χ1v) is 5.13. The summed E-state index contributed by atoms with van der Waals surface area (Å²) in [6.07, 6.45) is 2.13. The summed E-state index contributed by atoms with van der Waals surface area (Å²) in [7, 11) is 0. The molecule has 0 heterocycles. The van der Waals surface area contributed by atoms with E-state index in [0.717, 1.165) is 18.6 Å². The zero-order valence-corrected chi connectivity index (χ0v) is 9.16. The lowest BCUT2D eigenvalue weighted by Crippen LogP contribution is -2.02. The van der Waals surface area contributed by atoms with Gasteiger partial charge in [-0.05, 0) is 18.6 Å². The highest BCUT2D eigenvalue weighted by molar-refractivity contribution is 5.69. The van der Waals surface area contributed by atoms with Crippen molar-refractivity contribution < 1.29 is 14.3 Å². The number of hydrogen-bond donors (Lipinski definition) is 0. The molecule has 0 spiro atoms. The fourth-order valence-corrected chi connectivity index (χ4v) is 1.13. The third-order valence-electron chi connectivity index (χ3n) is 1.83. The first kappa shape index (κ1) is 11.6. The molecule has 0 aliphatic carbocycles. The van der Waals surface area contributed by atoms with Gasteiger partial charge in [-0.25, -0.2) is 0 Å². The van der Waals surface area contributed by atoms with Crippen LogP contribution in [0.15, 0.2) is 24.3 Å². The summed E-state index contributed by atoms with van der Waals surface area (Å²) in [5.74, 6) is 0.944. The number of ether oxygens (including phenoxy) is 2. The van der Waals surface area contributed by atoms with Crippen LogP contribution in [0.2, 0.25) is 0 Å². The quantitative estimate of drug-likeness (QED) is 0.424. The van der Waals surface area contributed by atoms with Crippen molar-refractivity contribution in [2.45, 2.75) is 26.7 Å². The number of benzene rings is 1. The largest absolute Gasteiger partial charge is 0.493 e. The van der Waals surface area contributed by atoms with E-state index in [9.17, 15) is 4.79 Å². The van der Waals surface area contributed by atoms with Gasteiger partial charge in [0.05, 0.1) is 6.61 Å². The van der Waals surface area contributed by atoms with Gasteiger partial charge in [0.15, 0.2) is 0 Å². The predicted molar refractivity (Wildman–Crippen MR) is 58.2 cm³/mol. The second-order valence-corrected chi connectivity index (χ2v) is 3.27. The Morgan fingerprint density at radius 2 is 2.07 bits per heavy atom. The maximum absolute atomic E-state index is 10.7. The Morgan fingerprint density at radius 1 is 1.33 bits per heavy atom. The second kappa shape index (κ2) is 6.06. The Hall–Kier alpha value is -1.51. The smallest absolute Gasteiger partial charge is 0.308 e. The van der Waals surface area contributed by atoms with Crippen LogP contribution in [0, 0.1) is 0 Å². The van der Waals surface area contributed by atoms with E-state index >= 15 is 0 Å². The first-order chi connectivity index (χ1) is 7.22. The maximum atomic E-state index is 10.7. The molecular formula is C12H16O3. The van der Waals surface area contributed by atoms with Gasteiger partial charge >= 0.3 is 5.97 Å². The van der Waals surface area contributed by atoms with Crippen molar-refractivity contribution >= 4 is 5.97 Å². The lowest BCUT2D eigenvalue weighted by atomic mass is 10.3. The molecule has 82 valence electrons. The van der Waals surface area contributed by atoms with Crippen LogP contribution in [0.5, 0.6) is 11.5 Å². The first-order valence-electron chi connectivity index (χ1n) is 5.13. The summed E-state index contributed by atoms with van der Waals surface area (Å²) in [6, 6.07) is 7.10. The summed E-state index contributed by atoms with van der Waals surface area (Å²) in [4.78, 5) is 10.7. The molecular weight excluding hydrogens is 192 g/mol. The molecule has 0 saturated carbocycles. The molecule has 0 amide bonds. The molecule has 1 aromatic rings. The van der Waals surface area contributed by atoms with Crippen molar-refractivity contribution in [1.29, 1.82) is 0 Å². The highest BCUT2D eigenvalue weighted by atomic mass is 16.5. The molecule has 1 rings (SSSR count). The van der Waals surface area contributed by atoms with Gasteiger partial charge in [-0.1, -0.05) is 19.4 Å². The van der Waals surface area contributed by atoms with E-state index < -0.39 is 0 Å². The summed E-state index contributed by atoms with van der Waals surface area (Å²) in [6.45, 7) is 4.18. The van der Waals surface area contributed by atoms with Crippen molar-refractivity contribution in [3.05, 3.63) is 24.3 Å². The average molecular weight is 208 g/mol. The number of hydrogen-bond acceptors (Lipinski definition) is 3. The van der Waals surface area contributed by atoms with Gasteiger partial charge < -0.3 is 9.47 Å². The molecule has 0 N–H and O–H groups in total. The Bertz CT molecular complexity index is 320. The van der Waals surface area contributed by atoms with E-state index in [1.165, 1.54) is 6.92 Å². The van der Waals surface area contributed by atoms with Crippen LogP contribution in [0.3, 0.4) is 0 Å². The summed E-state index contributed by atoms with van der Waals surface area (Å²) < 4.78 is 10.4. The fourth-order valence-electron chi connectivity index (χ4n) is 1.13. The number of carbonyl (C=O) groups excluding carboxylic acids is 1. The standard InChI is InChI=1S/C12H16O3/c1-3-4-8-14-11-6-5-7-12(9-11)15-10(2)13/h5-7,9H,3-4,8H2,1-2H3. The van der Waals surface area contributed by atoms with Gasteiger partial charge in [-0.3, -0.25) is 4.79 Å². The third kappa shape index (κ3) is 4.49. The van der Waals surface area contributed by atoms with Crippen molar-refractivity contribution in [3.63, 3.8) is 0 Å². The maximum Gasteiger partial charge on any atom is 0.308 e. The molecule has 0 saturated heterocycles. The van der Waals surface area contributed by atoms with E-state index in [2.05, 4.69) is 6.92 Å². The van der Waals surface area contributed by atoms with Crippen LogP contribution >= 0.6 is 0 Å². The van der Waals surface area contributed by atoms with E-state index in [1.807, 2.05) is 6.07 Å². The van der Waals surface area contributed by atoms with Gasteiger partial charge in [-0.15, -0.1) is 0 Å². The minimum atomic E-state index is -0.319. The molecule has 3 nitrogen and oxygen atoms in total. The molecule has 0 aliphatic rings. The highest BCUT2D eigenvalue weighted by Gasteiger charge is 1.99. The van der Waals surface area contributed by atoms with Crippen LogP contribution in [0.25, 0.3) is 0 Å². The van der Waals surface area contributed by atoms with Gasteiger partial charge in [0, 0.05) is 13.0 Å². The molecule has 0 unspecified atom stereocenters. The molecule has 0 fully saturated rings. The number of rotatable bonds is 5. The van der Waals surface area contributed by atoms with Gasteiger partial charge in [0.2, 0.25) is 0 Å². The Balaban J connectivity index is 2.53. The normalized spacial score (nSPS) is 9.73. The zero-order valence-electron chi connectivity index (χ0n) is 9.16. The second-order valence-electron chi connectivity index (χ2n) is 3.27. The minimum absolute atomic E-state index is 0.319. The monoisotopic (exact) mass is 208 g/mol. The molecule has 0 aromatic heterocycles. The van der Waals surface area contributed by atoms with Crippen LogP contribution in [0.1, 0.15) is 26.7 Å². The van der Waals surface area contributed by atoms with E-state index in [4.69, 9.17) is 9.47 Å². The zero-order chi connectivity index (χ0) is 11.1. The lowest BCUT2D eigenvalue weighted by Gasteiger charge is -2.06. The van der Waals surface area contributed by atoms with E-state index in [0.29, 0.717) is 12.4 Å². The van der Waals surface area contributed by atoms with Crippen molar-refractivity contribution in [1.82, 2.24) is 0 Å². The SMILES string of the molecule is CCCCOc1cccc(OC(C)=O)c1. The molecule has 0 aliphatic heterocycles. The highest BCUT2D eigenvalue weighted by Crippen LogP contribution is 2.19. The van der Waals surface area contributed by atoms with Crippen molar-refractivity contribution in [3.8, 4) is 11.5 Å². The van der Waals surface area contributed by atoms with Crippen LogP contribution in [0.4, 0.5) is 0 Å². The average Bonchev–Trinajstić information content (AvgIpc) is 2.18. The number of esters is 1. The predicted octanol–water partition coefficient (Wildman–Crippen LogP) is 2.79. The minimum Gasteiger partial charge on any atom is -0.493 e. The Morgan fingerprint density at radius 3 is 2.73 bits per heavy atom. The number of carbonyl (C=O) groups is 1. The summed E-state index contributed by atoms with van der Waals surface area (Å²) >= 11 is 0. The summed E-state index contributed by atoms with van der Waals surface area (Å²) in [5, 5.41) is 0. The Labute approximate surface area is 90.0 Å². The van der Waals surface area contributed by atoms with Crippen molar-refractivity contribution in [2.24, 2.45) is 0 Å². The third-order valence-corrected chi connectivity index (χ3v) is 1.83. The van der Waals surface area contributed by atoms with Crippen LogP contribution < -0.4 is 9.47 Å². The fraction of sp³-hybridized carbons (Fsp3) is 0.417. The molecule has 1 aromatic carbocycles. The van der Waals surface area contributed by atoms with Crippen LogP contribution in [-0.4, -0.2) is 12.6 Å². The lowest BCUT2D eigenvalue weighted by molar-refractivity contribution is -0.131. The van der Waals surface area contributed by atoms with E-state index in [1.54, 1.807) is 18.2 Å². The topological polar surface area (TPSA) is 35.5 Å². The molecule has 15 heavy (non-hydrogen) atoms. The van der Waals surface area contributed by atoms with Gasteiger partial charge in [-0.2, -0.15) is 0 Å². The Kier molecular flexibility index (Phi) is 4.68. The van der Waals surface area contributed by atoms with Crippen molar-refractivity contribution in [2.75, 3.05) is 6.61 Å². The molecule has 0 atom stereocenters. The number of unbranched alkanes of at least 4 members (excludes halogenated alkanes) is 1. The van der Waals surface area contributed by atoms with Crippen LogP contribution in [-0.2, 0) is 4.79 Å². The molecule has 3 heteroatoms. The van der Waals surface area contributed by atoms with Gasteiger partial charge in [0.1, 0.15) is 11.5 Å².